The van der Waals surface area contributed by atoms with E-state index in [1.54, 1.807) is 12.1 Å². The molecule has 0 unspecified atom stereocenters. The molecular formula is C11H15FN2O. The maximum atomic E-state index is 12.6. The zero-order valence-corrected chi connectivity index (χ0v) is 8.72. The summed E-state index contributed by atoms with van der Waals surface area (Å²) in [5.41, 5.74) is 0.890. The third kappa shape index (κ3) is 4.56. The van der Waals surface area contributed by atoms with E-state index in [2.05, 4.69) is 10.6 Å². The van der Waals surface area contributed by atoms with Crippen LogP contribution in [0.4, 0.5) is 4.39 Å². The fourth-order valence-corrected chi connectivity index (χ4v) is 1.10. The first-order valence-corrected chi connectivity index (χ1v) is 4.94. The average molecular weight is 210 g/mol. The Bertz CT molecular complexity index is 311. The number of carbonyl (C=O) groups excluding carboxylic acids is 1. The minimum Gasteiger partial charge on any atom is -0.351 e. The van der Waals surface area contributed by atoms with Crippen LogP contribution < -0.4 is 10.6 Å². The second-order valence-electron chi connectivity index (χ2n) is 3.18. The third-order valence-electron chi connectivity index (χ3n) is 1.94. The maximum absolute atomic E-state index is 12.6. The SMILES string of the molecule is CCNCC(=O)NCc1ccc(F)cc1. The Labute approximate surface area is 88.7 Å². The highest BCUT2D eigenvalue weighted by Crippen LogP contribution is 2.01. The summed E-state index contributed by atoms with van der Waals surface area (Å²) in [6, 6.07) is 6.07. The van der Waals surface area contributed by atoms with Crippen molar-refractivity contribution in [2.45, 2.75) is 13.5 Å². The molecule has 2 N–H and O–H groups in total. The smallest absolute Gasteiger partial charge is 0.234 e. The molecule has 1 amide bonds. The summed E-state index contributed by atoms with van der Waals surface area (Å²) in [6.45, 7) is 3.46. The van der Waals surface area contributed by atoms with Crippen molar-refractivity contribution in [3.8, 4) is 0 Å². The van der Waals surface area contributed by atoms with Crippen LogP contribution in [0, 0.1) is 5.82 Å². The van der Waals surface area contributed by atoms with Crippen LogP contribution in [-0.4, -0.2) is 19.0 Å². The van der Waals surface area contributed by atoms with E-state index in [9.17, 15) is 9.18 Å². The molecule has 0 aliphatic rings. The van der Waals surface area contributed by atoms with E-state index >= 15 is 0 Å². The Hall–Kier alpha value is -1.42. The van der Waals surface area contributed by atoms with Gasteiger partial charge in [0.2, 0.25) is 5.91 Å². The minimum atomic E-state index is -0.266. The monoisotopic (exact) mass is 210 g/mol. The number of benzene rings is 1. The molecule has 0 saturated heterocycles. The maximum Gasteiger partial charge on any atom is 0.234 e. The van der Waals surface area contributed by atoms with E-state index in [4.69, 9.17) is 0 Å². The van der Waals surface area contributed by atoms with Crippen molar-refractivity contribution in [1.29, 1.82) is 0 Å². The van der Waals surface area contributed by atoms with E-state index in [-0.39, 0.29) is 11.7 Å². The van der Waals surface area contributed by atoms with Gasteiger partial charge in [-0.1, -0.05) is 19.1 Å². The van der Waals surface area contributed by atoms with Gasteiger partial charge < -0.3 is 10.6 Å². The summed E-state index contributed by atoms with van der Waals surface area (Å²) < 4.78 is 12.6. The number of hydrogen-bond donors (Lipinski definition) is 2. The Morgan fingerprint density at radius 3 is 2.60 bits per heavy atom. The molecule has 4 heteroatoms. The number of hydrogen-bond acceptors (Lipinski definition) is 2. The molecule has 0 atom stereocenters. The molecule has 1 rings (SSSR count). The first kappa shape index (κ1) is 11.7. The molecule has 0 fully saturated rings. The van der Waals surface area contributed by atoms with Gasteiger partial charge in [-0.2, -0.15) is 0 Å². The van der Waals surface area contributed by atoms with Gasteiger partial charge in [0, 0.05) is 6.54 Å². The number of likely N-dealkylation sites (N-methyl/N-ethyl adjacent to an activating group) is 1. The highest BCUT2D eigenvalue weighted by molar-refractivity contribution is 5.77. The van der Waals surface area contributed by atoms with Gasteiger partial charge in [0.05, 0.1) is 6.54 Å². The molecule has 0 heterocycles. The zero-order valence-electron chi connectivity index (χ0n) is 8.72. The molecular weight excluding hydrogens is 195 g/mol. The van der Waals surface area contributed by atoms with Crippen LogP contribution in [0.2, 0.25) is 0 Å². The molecule has 0 bridgehead atoms. The van der Waals surface area contributed by atoms with Gasteiger partial charge >= 0.3 is 0 Å². The summed E-state index contributed by atoms with van der Waals surface area (Å²) in [6.07, 6.45) is 0. The Kier molecular flexibility index (Phi) is 4.77. The fourth-order valence-electron chi connectivity index (χ4n) is 1.10. The lowest BCUT2D eigenvalue weighted by Gasteiger charge is -2.05. The predicted octanol–water partition coefficient (Wildman–Crippen LogP) is 1.05. The summed E-state index contributed by atoms with van der Waals surface area (Å²) in [5.74, 6) is -0.320. The Morgan fingerprint density at radius 2 is 2.00 bits per heavy atom. The molecule has 0 saturated carbocycles. The van der Waals surface area contributed by atoms with E-state index in [1.807, 2.05) is 6.92 Å². The third-order valence-corrected chi connectivity index (χ3v) is 1.94. The van der Waals surface area contributed by atoms with E-state index < -0.39 is 0 Å². The second kappa shape index (κ2) is 6.14. The van der Waals surface area contributed by atoms with Crippen molar-refractivity contribution in [3.63, 3.8) is 0 Å². The van der Waals surface area contributed by atoms with E-state index in [0.29, 0.717) is 13.1 Å². The van der Waals surface area contributed by atoms with Crippen LogP contribution in [0.5, 0.6) is 0 Å². The van der Waals surface area contributed by atoms with Gasteiger partial charge in [0.1, 0.15) is 5.82 Å². The van der Waals surface area contributed by atoms with Crippen molar-refractivity contribution in [1.82, 2.24) is 10.6 Å². The lowest BCUT2D eigenvalue weighted by Crippen LogP contribution is -2.33. The first-order chi connectivity index (χ1) is 7.22. The summed E-state index contributed by atoms with van der Waals surface area (Å²) in [7, 11) is 0. The number of carbonyl (C=O) groups is 1. The standard InChI is InChI=1S/C11H15FN2O/c1-2-13-8-11(15)14-7-9-3-5-10(12)6-4-9/h3-6,13H,2,7-8H2,1H3,(H,14,15). The summed E-state index contributed by atoms with van der Waals surface area (Å²) in [5, 5.41) is 5.65. The van der Waals surface area contributed by atoms with Gasteiger partial charge in [-0.25, -0.2) is 4.39 Å². The zero-order chi connectivity index (χ0) is 11.1. The van der Waals surface area contributed by atoms with Crippen molar-refractivity contribution in [2.24, 2.45) is 0 Å². The minimum absolute atomic E-state index is 0.0545. The van der Waals surface area contributed by atoms with Crippen molar-refractivity contribution in [3.05, 3.63) is 35.6 Å². The second-order valence-corrected chi connectivity index (χ2v) is 3.18. The number of halogens is 1. The normalized spacial score (nSPS) is 10.0. The summed E-state index contributed by atoms with van der Waals surface area (Å²) >= 11 is 0. The molecule has 0 aliphatic carbocycles. The molecule has 82 valence electrons. The highest BCUT2D eigenvalue weighted by Gasteiger charge is 1.99. The fraction of sp³-hybridized carbons (Fsp3) is 0.364. The van der Waals surface area contributed by atoms with Gasteiger partial charge in [-0.3, -0.25) is 4.79 Å². The summed E-state index contributed by atoms with van der Waals surface area (Å²) in [4.78, 5) is 11.2. The van der Waals surface area contributed by atoms with Gasteiger partial charge in [0.25, 0.3) is 0 Å². The highest BCUT2D eigenvalue weighted by atomic mass is 19.1. The average Bonchev–Trinajstić information content (AvgIpc) is 2.25. The number of amides is 1. The van der Waals surface area contributed by atoms with Gasteiger partial charge in [-0.15, -0.1) is 0 Å². The van der Waals surface area contributed by atoms with Crippen LogP contribution in [0.3, 0.4) is 0 Å². The van der Waals surface area contributed by atoms with Crippen LogP contribution in [0.1, 0.15) is 12.5 Å². The number of rotatable bonds is 5. The topological polar surface area (TPSA) is 41.1 Å². The lowest BCUT2D eigenvalue weighted by atomic mass is 10.2. The van der Waals surface area contributed by atoms with Crippen LogP contribution in [0.25, 0.3) is 0 Å². The molecule has 0 radical (unpaired) electrons. The molecule has 0 aromatic heterocycles. The molecule has 0 spiro atoms. The molecule has 3 nitrogen and oxygen atoms in total. The predicted molar refractivity (Wildman–Crippen MR) is 56.8 cm³/mol. The molecule has 15 heavy (non-hydrogen) atoms. The van der Waals surface area contributed by atoms with Crippen LogP contribution in [-0.2, 0) is 11.3 Å². The van der Waals surface area contributed by atoms with Crippen molar-refractivity contribution in [2.75, 3.05) is 13.1 Å². The van der Waals surface area contributed by atoms with E-state index in [0.717, 1.165) is 12.1 Å². The van der Waals surface area contributed by atoms with Crippen molar-refractivity contribution < 1.29 is 9.18 Å². The molecule has 0 aliphatic heterocycles. The van der Waals surface area contributed by atoms with Gasteiger partial charge in [0.15, 0.2) is 0 Å². The quantitative estimate of drug-likeness (QED) is 0.762. The molecule has 1 aromatic rings. The van der Waals surface area contributed by atoms with Crippen LogP contribution in [0.15, 0.2) is 24.3 Å². The van der Waals surface area contributed by atoms with Gasteiger partial charge in [-0.05, 0) is 24.2 Å². The van der Waals surface area contributed by atoms with E-state index in [1.165, 1.54) is 12.1 Å². The van der Waals surface area contributed by atoms with Crippen LogP contribution >= 0.6 is 0 Å². The van der Waals surface area contributed by atoms with Crippen molar-refractivity contribution >= 4 is 5.91 Å². The Morgan fingerprint density at radius 1 is 1.33 bits per heavy atom. The first-order valence-electron chi connectivity index (χ1n) is 4.94. The largest absolute Gasteiger partial charge is 0.351 e. The lowest BCUT2D eigenvalue weighted by molar-refractivity contribution is -0.120. The number of nitrogens with one attached hydrogen (secondary N) is 2. The molecule has 1 aromatic carbocycles. The Balaban J connectivity index is 2.30.